The maximum absolute atomic E-state index is 12.1. The van der Waals surface area contributed by atoms with Crippen molar-refractivity contribution in [1.29, 1.82) is 0 Å². The number of hydrogen-bond acceptors (Lipinski definition) is 5. The number of halogens is 1. The van der Waals surface area contributed by atoms with Crippen molar-refractivity contribution in [2.75, 3.05) is 37.0 Å². The van der Waals surface area contributed by atoms with Crippen LogP contribution in [0.2, 0.25) is 5.02 Å². The van der Waals surface area contributed by atoms with Crippen LogP contribution in [0.3, 0.4) is 0 Å². The lowest BCUT2D eigenvalue weighted by Gasteiger charge is -2.13. The molecule has 1 saturated heterocycles. The fraction of sp³-hybridized carbons (Fsp3) is 0.562. The van der Waals surface area contributed by atoms with Crippen molar-refractivity contribution in [2.45, 2.75) is 19.3 Å². The van der Waals surface area contributed by atoms with Gasteiger partial charge in [0, 0.05) is 17.7 Å². The molecule has 1 heterocycles. The van der Waals surface area contributed by atoms with Crippen LogP contribution in [0.25, 0.3) is 0 Å². The van der Waals surface area contributed by atoms with E-state index in [2.05, 4.69) is 10.6 Å². The quantitative estimate of drug-likeness (QED) is 0.727. The van der Waals surface area contributed by atoms with Gasteiger partial charge in [-0.2, -0.15) is 0 Å². The number of amides is 1. The van der Waals surface area contributed by atoms with Gasteiger partial charge in [0.2, 0.25) is 5.91 Å². The van der Waals surface area contributed by atoms with E-state index in [1.807, 2.05) is 0 Å². The third kappa shape index (κ3) is 6.67. The predicted octanol–water partition coefficient (Wildman–Crippen LogP) is 2.09. The van der Waals surface area contributed by atoms with Crippen molar-refractivity contribution in [3.63, 3.8) is 0 Å². The van der Waals surface area contributed by atoms with Crippen LogP contribution in [0, 0.1) is 5.92 Å². The zero-order chi connectivity index (χ0) is 17.6. The second-order valence-corrected chi connectivity index (χ2v) is 8.76. The van der Waals surface area contributed by atoms with Crippen LogP contribution in [0.1, 0.15) is 19.3 Å². The van der Waals surface area contributed by atoms with E-state index in [1.54, 1.807) is 18.2 Å². The molecular weight excluding hydrogens is 352 g/mol. The van der Waals surface area contributed by atoms with Crippen LogP contribution < -0.4 is 15.4 Å². The molecule has 1 aliphatic rings. The number of sulfone groups is 1. The van der Waals surface area contributed by atoms with E-state index in [9.17, 15) is 13.2 Å². The summed E-state index contributed by atoms with van der Waals surface area (Å²) >= 11 is 5.98. The molecule has 1 atom stereocenters. The lowest BCUT2D eigenvalue weighted by atomic mass is 10.0. The molecule has 2 rings (SSSR count). The summed E-state index contributed by atoms with van der Waals surface area (Å²) < 4.78 is 27.8. The van der Waals surface area contributed by atoms with Crippen molar-refractivity contribution in [2.24, 2.45) is 5.92 Å². The maximum atomic E-state index is 12.1. The van der Waals surface area contributed by atoms with Crippen LogP contribution >= 0.6 is 11.6 Å². The fourth-order valence-electron chi connectivity index (χ4n) is 2.54. The van der Waals surface area contributed by atoms with Gasteiger partial charge in [-0.25, -0.2) is 8.42 Å². The van der Waals surface area contributed by atoms with Gasteiger partial charge in [-0.3, -0.25) is 4.79 Å². The van der Waals surface area contributed by atoms with Gasteiger partial charge in [0.25, 0.3) is 0 Å². The first-order chi connectivity index (χ1) is 11.3. The molecule has 134 valence electrons. The van der Waals surface area contributed by atoms with Gasteiger partial charge in [0.05, 0.1) is 11.4 Å². The maximum Gasteiger partial charge on any atom is 0.224 e. The van der Waals surface area contributed by atoms with E-state index in [1.165, 1.54) is 0 Å². The number of hydrogen-bond donors (Lipinski definition) is 2. The van der Waals surface area contributed by atoms with Crippen molar-refractivity contribution in [1.82, 2.24) is 5.32 Å². The summed E-state index contributed by atoms with van der Waals surface area (Å²) in [6, 6.07) is 4.87. The minimum absolute atomic E-state index is 0.0249. The summed E-state index contributed by atoms with van der Waals surface area (Å²) in [6.07, 6.45) is 3.52. The summed E-state index contributed by atoms with van der Waals surface area (Å²) in [4.78, 5) is 12.1. The standard InChI is InChI=1S/C16H23ClN2O4S/c1-24(21,22)9-8-23-15-4-3-13(17)10-14(15)19-16(20)5-2-12-6-7-18-11-12/h3-4,10,12,18H,2,5-9,11H2,1H3,(H,19,20). The Labute approximate surface area is 147 Å². The highest BCUT2D eigenvalue weighted by Crippen LogP contribution is 2.28. The fourth-order valence-corrected chi connectivity index (χ4v) is 3.10. The highest BCUT2D eigenvalue weighted by molar-refractivity contribution is 7.90. The van der Waals surface area contributed by atoms with Crippen LogP contribution in [-0.2, 0) is 14.6 Å². The smallest absolute Gasteiger partial charge is 0.224 e. The number of ether oxygens (including phenoxy) is 1. The summed E-state index contributed by atoms with van der Waals surface area (Å²) in [6.45, 7) is 2.00. The molecular formula is C16H23ClN2O4S. The van der Waals surface area contributed by atoms with E-state index in [-0.39, 0.29) is 18.3 Å². The topological polar surface area (TPSA) is 84.5 Å². The minimum atomic E-state index is -3.10. The third-order valence-corrected chi connectivity index (χ3v) is 5.01. The Hall–Kier alpha value is -1.31. The highest BCUT2D eigenvalue weighted by atomic mass is 35.5. The van der Waals surface area contributed by atoms with E-state index in [0.717, 1.165) is 32.2 Å². The first-order valence-electron chi connectivity index (χ1n) is 7.94. The molecule has 1 fully saturated rings. The zero-order valence-corrected chi connectivity index (χ0v) is 15.3. The molecule has 0 bridgehead atoms. The summed E-state index contributed by atoms with van der Waals surface area (Å²) in [5.74, 6) is 0.772. The van der Waals surface area contributed by atoms with Gasteiger partial charge in [-0.05, 0) is 50.0 Å². The molecule has 0 saturated carbocycles. The summed E-state index contributed by atoms with van der Waals surface area (Å²) in [7, 11) is -3.10. The third-order valence-electron chi connectivity index (χ3n) is 3.87. The van der Waals surface area contributed by atoms with Gasteiger partial charge >= 0.3 is 0 Å². The van der Waals surface area contributed by atoms with Crippen molar-refractivity contribution in [3.8, 4) is 5.75 Å². The van der Waals surface area contributed by atoms with Crippen molar-refractivity contribution >= 4 is 33.0 Å². The molecule has 0 aromatic heterocycles. The Morgan fingerprint density at radius 3 is 2.92 bits per heavy atom. The van der Waals surface area contributed by atoms with E-state index < -0.39 is 9.84 Å². The molecule has 2 N–H and O–H groups in total. The van der Waals surface area contributed by atoms with Gasteiger partial charge in [0.1, 0.15) is 12.4 Å². The summed E-state index contributed by atoms with van der Waals surface area (Å²) in [5, 5.41) is 6.56. The average Bonchev–Trinajstić information content (AvgIpc) is 2.99. The summed E-state index contributed by atoms with van der Waals surface area (Å²) in [5.41, 5.74) is 0.463. The lowest BCUT2D eigenvalue weighted by Crippen LogP contribution is -2.16. The molecule has 1 aromatic rings. The molecule has 1 amide bonds. The Morgan fingerprint density at radius 2 is 2.25 bits per heavy atom. The monoisotopic (exact) mass is 374 g/mol. The molecule has 1 unspecified atom stereocenters. The molecule has 0 spiro atoms. The largest absolute Gasteiger partial charge is 0.490 e. The SMILES string of the molecule is CS(=O)(=O)CCOc1ccc(Cl)cc1NC(=O)CCC1CCNC1. The van der Waals surface area contributed by atoms with Gasteiger partial charge in [0.15, 0.2) is 9.84 Å². The first-order valence-corrected chi connectivity index (χ1v) is 10.4. The van der Waals surface area contributed by atoms with Gasteiger partial charge < -0.3 is 15.4 Å². The number of anilines is 1. The first kappa shape index (κ1) is 19.0. The average molecular weight is 375 g/mol. The van der Waals surface area contributed by atoms with Crippen LogP contribution in [0.15, 0.2) is 18.2 Å². The Balaban J connectivity index is 1.91. The minimum Gasteiger partial charge on any atom is -0.490 e. The Morgan fingerprint density at radius 1 is 1.46 bits per heavy atom. The molecule has 8 heteroatoms. The van der Waals surface area contributed by atoms with Gasteiger partial charge in [-0.1, -0.05) is 11.6 Å². The Kier molecular flexibility index (Phi) is 6.89. The lowest BCUT2D eigenvalue weighted by molar-refractivity contribution is -0.116. The zero-order valence-electron chi connectivity index (χ0n) is 13.7. The van der Waals surface area contributed by atoms with Crippen LogP contribution in [0.5, 0.6) is 5.75 Å². The van der Waals surface area contributed by atoms with Crippen molar-refractivity contribution < 1.29 is 17.9 Å². The van der Waals surface area contributed by atoms with E-state index in [4.69, 9.17) is 16.3 Å². The number of rotatable bonds is 8. The second-order valence-electron chi connectivity index (χ2n) is 6.06. The second kappa shape index (κ2) is 8.69. The highest BCUT2D eigenvalue weighted by Gasteiger charge is 2.16. The normalized spacial score (nSPS) is 17.7. The van der Waals surface area contributed by atoms with E-state index in [0.29, 0.717) is 28.8 Å². The van der Waals surface area contributed by atoms with Crippen LogP contribution in [-0.4, -0.2) is 46.0 Å². The number of carbonyl (C=O) groups excluding carboxylic acids is 1. The molecule has 0 radical (unpaired) electrons. The van der Waals surface area contributed by atoms with Gasteiger partial charge in [-0.15, -0.1) is 0 Å². The van der Waals surface area contributed by atoms with Crippen molar-refractivity contribution in [3.05, 3.63) is 23.2 Å². The van der Waals surface area contributed by atoms with Crippen LogP contribution in [0.4, 0.5) is 5.69 Å². The number of nitrogens with one attached hydrogen (secondary N) is 2. The number of benzene rings is 1. The molecule has 6 nitrogen and oxygen atoms in total. The Bertz CT molecular complexity index is 673. The molecule has 0 aliphatic carbocycles. The number of carbonyl (C=O) groups is 1. The molecule has 1 aromatic carbocycles. The predicted molar refractivity (Wildman–Crippen MR) is 95.5 cm³/mol. The molecule has 1 aliphatic heterocycles. The molecule has 24 heavy (non-hydrogen) atoms. The van der Waals surface area contributed by atoms with E-state index >= 15 is 0 Å².